The van der Waals surface area contributed by atoms with Gasteiger partial charge in [-0.05, 0) is 86.1 Å². The van der Waals surface area contributed by atoms with Crippen LogP contribution in [-0.4, -0.2) is 0 Å². The highest BCUT2D eigenvalue weighted by Gasteiger charge is 2.07. The largest absolute Gasteiger partial charge is 0.488 e. The minimum atomic E-state index is 0.494. The first-order valence-electron chi connectivity index (χ1n) is 8.10. The van der Waals surface area contributed by atoms with Crippen molar-refractivity contribution in [1.29, 1.82) is 5.26 Å². The van der Waals surface area contributed by atoms with Crippen LogP contribution in [0.2, 0.25) is 5.02 Å². The van der Waals surface area contributed by atoms with Crippen molar-refractivity contribution in [2.45, 2.75) is 6.61 Å². The molecule has 0 saturated carbocycles. The Morgan fingerprint density at radius 3 is 2.52 bits per heavy atom. The van der Waals surface area contributed by atoms with E-state index in [1.54, 1.807) is 6.07 Å². The van der Waals surface area contributed by atoms with Gasteiger partial charge < -0.3 is 4.74 Å². The molecule has 0 unspecified atom stereocenters. The quantitative estimate of drug-likeness (QED) is 0.189. The number of halogens is 3. The molecule has 3 rings (SSSR count). The van der Waals surface area contributed by atoms with Crippen LogP contribution in [0.4, 0.5) is 0 Å². The molecule has 0 saturated heterocycles. The molecule has 5 heteroatoms. The molecule has 3 aromatic rings. The lowest BCUT2D eigenvalue weighted by Gasteiger charge is -2.09. The predicted octanol–water partition coefficient (Wildman–Crippen LogP) is 7.35. The van der Waals surface area contributed by atoms with E-state index in [1.807, 2.05) is 42.5 Å². The zero-order valence-electron chi connectivity index (χ0n) is 14.1. The maximum atomic E-state index is 9.51. The van der Waals surface area contributed by atoms with Crippen LogP contribution in [0.5, 0.6) is 5.75 Å². The molecular weight excluding hydrogens is 537 g/mol. The molecule has 2 nitrogen and oxygen atoms in total. The summed E-state index contributed by atoms with van der Waals surface area (Å²) in [5.74, 6) is 0.752. The van der Waals surface area contributed by atoms with Crippen molar-refractivity contribution in [2.75, 3.05) is 0 Å². The van der Waals surface area contributed by atoms with Crippen LogP contribution in [0.25, 0.3) is 11.6 Å². The highest BCUT2D eigenvalue weighted by atomic mass is 127. The van der Waals surface area contributed by atoms with E-state index in [4.69, 9.17) is 16.3 Å². The molecule has 0 aliphatic rings. The molecule has 0 aliphatic carbocycles. The first-order chi connectivity index (χ1) is 13.1. The summed E-state index contributed by atoms with van der Waals surface area (Å²) in [5.41, 5.74) is 3.23. The van der Waals surface area contributed by atoms with Gasteiger partial charge in [-0.1, -0.05) is 48.0 Å². The van der Waals surface area contributed by atoms with Gasteiger partial charge in [0, 0.05) is 14.2 Å². The van der Waals surface area contributed by atoms with Crippen molar-refractivity contribution < 1.29 is 4.74 Å². The summed E-state index contributed by atoms with van der Waals surface area (Å²) in [6, 6.07) is 23.5. The van der Waals surface area contributed by atoms with E-state index in [0.717, 1.165) is 26.9 Å². The van der Waals surface area contributed by atoms with E-state index in [0.29, 0.717) is 17.2 Å². The second-order valence-corrected chi connectivity index (χ2v) is 8.26. The fourth-order valence-electron chi connectivity index (χ4n) is 2.48. The second kappa shape index (κ2) is 9.41. The van der Waals surface area contributed by atoms with E-state index in [2.05, 4.69) is 68.9 Å². The summed E-state index contributed by atoms with van der Waals surface area (Å²) in [6.45, 7) is 0.494. The van der Waals surface area contributed by atoms with Crippen molar-refractivity contribution in [3.8, 4) is 11.8 Å². The van der Waals surface area contributed by atoms with Crippen molar-refractivity contribution in [3.05, 3.63) is 96.5 Å². The smallest absolute Gasteiger partial charge is 0.134 e. The van der Waals surface area contributed by atoms with Gasteiger partial charge in [0.2, 0.25) is 0 Å². The second-order valence-electron chi connectivity index (χ2n) is 5.75. The van der Waals surface area contributed by atoms with Gasteiger partial charge in [-0.15, -0.1) is 0 Å². The zero-order valence-corrected chi connectivity index (χ0v) is 18.6. The van der Waals surface area contributed by atoms with Gasteiger partial charge in [0.05, 0.1) is 16.1 Å². The molecule has 134 valence electrons. The first-order valence-corrected chi connectivity index (χ1v) is 10.4. The maximum absolute atomic E-state index is 9.51. The van der Waals surface area contributed by atoms with Gasteiger partial charge in [-0.25, -0.2) is 0 Å². The standard InChI is InChI=1S/C22H14BrClINO/c23-20-12-16(11-17(13-26)19-3-1-2-4-21(19)24)7-10-22(20)27-14-15-5-8-18(25)9-6-15/h1-12H,14H2. The molecule has 0 N–H and O–H groups in total. The predicted molar refractivity (Wildman–Crippen MR) is 123 cm³/mol. The highest BCUT2D eigenvalue weighted by molar-refractivity contribution is 14.1. The summed E-state index contributed by atoms with van der Waals surface area (Å²) in [4.78, 5) is 0. The number of nitriles is 1. The van der Waals surface area contributed by atoms with Gasteiger partial charge >= 0.3 is 0 Å². The Morgan fingerprint density at radius 1 is 1.11 bits per heavy atom. The van der Waals surface area contributed by atoms with Crippen molar-refractivity contribution in [3.63, 3.8) is 0 Å². The molecule has 0 spiro atoms. The molecule has 0 aliphatic heterocycles. The Bertz CT molecular complexity index is 1030. The van der Waals surface area contributed by atoms with Crippen LogP contribution < -0.4 is 4.74 Å². The Balaban J connectivity index is 1.78. The van der Waals surface area contributed by atoms with Crippen LogP contribution in [0.1, 0.15) is 16.7 Å². The minimum absolute atomic E-state index is 0.494. The third-order valence-corrected chi connectivity index (χ3v) is 5.53. The SMILES string of the molecule is N#CC(=Cc1ccc(OCc2ccc(I)cc2)c(Br)c1)c1ccccc1Cl. The number of rotatable bonds is 5. The van der Waals surface area contributed by atoms with Gasteiger partial charge in [-0.2, -0.15) is 5.26 Å². The number of nitrogens with zero attached hydrogens (tertiary/aromatic N) is 1. The van der Waals surface area contributed by atoms with Crippen LogP contribution in [0, 0.1) is 14.9 Å². The molecule has 0 amide bonds. The van der Waals surface area contributed by atoms with Crippen LogP contribution in [0.15, 0.2) is 71.2 Å². The molecule has 0 aromatic heterocycles. The normalized spacial score (nSPS) is 11.1. The Hall–Kier alpha value is -1.81. The summed E-state index contributed by atoms with van der Waals surface area (Å²) < 4.78 is 7.92. The third-order valence-electron chi connectivity index (χ3n) is 3.86. The molecule has 27 heavy (non-hydrogen) atoms. The van der Waals surface area contributed by atoms with E-state index in [-0.39, 0.29) is 0 Å². The minimum Gasteiger partial charge on any atom is -0.488 e. The summed E-state index contributed by atoms with van der Waals surface area (Å²) >= 11 is 12.0. The lowest BCUT2D eigenvalue weighted by molar-refractivity contribution is 0.304. The number of hydrogen-bond donors (Lipinski definition) is 0. The molecule has 0 atom stereocenters. The Labute approximate surface area is 185 Å². The molecule has 0 radical (unpaired) electrons. The number of allylic oxidation sites excluding steroid dienone is 1. The van der Waals surface area contributed by atoms with Crippen LogP contribution in [0.3, 0.4) is 0 Å². The summed E-state index contributed by atoms with van der Waals surface area (Å²) in [6.07, 6.45) is 1.81. The third kappa shape index (κ3) is 5.35. The van der Waals surface area contributed by atoms with Gasteiger partial charge in [0.25, 0.3) is 0 Å². The topological polar surface area (TPSA) is 33.0 Å². The molecular formula is C22H14BrClINO. The fourth-order valence-corrected chi connectivity index (χ4v) is 3.59. The van der Waals surface area contributed by atoms with E-state index in [1.165, 1.54) is 3.57 Å². The average molecular weight is 551 g/mol. The average Bonchev–Trinajstić information content (AvgIpc) is 2.67. The Kier molecular flexibility index (Phi) is 6.95. The van der Waals surface area contributed by atoms with Crippen molar-refractivity contribution >= 4 is 61.8 Å². The summed E-state index contributed by atoms with van der Waals surface area (Å²) in [5, 5.41) is 10.1. The van der Waals surface area contributed by atoms with E-state index >= 15 is 0 Å². The number of ether oxygens (including phenoxy) is 1. The molecule has 0 heterocycles. The highest BCUT2D eigenvalue weighted by Crippen LogP contribution is 2.30. The zero-order chi connectivity index (χ0) is 19.2. The van der Waals surface area contributed by atoms with E-state index in [9.17, 15) is 5.26 Å². The molecule has 0 fully saturated rings. The molecule has 3 aromatic carbocycles. The van der Waals surface area contributed by atoms with Crippen molar-refractivity contribution in [1.82, 2.24) is 0 Å². The number of hydrogen-bond acceptors (Lipinski definition) is 2. The maximum Gasteiger partial charge on any atom is 0.134 e. The number of benzene rings is 3. The van der Waals surface area contributed by atoms with Crippen molar-refractivity contribution in [2.24, 2.45) is 0 Å². The van der Waals surface area contributed by atoms with Gasteiger partial charge in [0.15, 0.2) is 0 Å². The van der Waals surface area contributed by atoms with Gasteiger partial charge in [-0.3, -0.25) is 0 Å². The summed E-state index contributed by atoms with van der Waals surface area (Å²) in [7, 11) is 0. The fraction of sp³-hybridized carbons (Fsp3) is 0.0455. The first kappa shape index (κ1) is 19.9. The van der Waals surface area contributed by atoms with E-state index < -0.39 is 0 Å². The molecule has 0 bridgehead atoms. The monoisotopic (exact) mass is 549 g/mol. The van der Waals surface area contributed by atoms with Gasteiger partial charge in [0.1, 0.15) is 12.4 Å². The lowest BCUT2D eigenvalue weighted by Crippen LogP contribution is -1.96. The lowest BCUT2D eigenvalue weighted by atomic mass is 10.0. The van der Waals surface area contributed by atoms with Crippen LogP contribution in [-0.2, 0) is 6.61 Å². The Morgan fingerprint density at radius 2 is 1.85 bits per heavy atom. The van der Waals surface area contributed by atoms with Crippen LogP contribution >= 0.6 is 50.1 Å².